The van der Waals surface area contributed by atoms with Gasteiger partial charge in [-0.15, -0.1) is 0 Å². The maximum absolute atomic E-state index is 12.8. The van der Waals surface area contributed by atoms with Crippen molar-refractivity contribution in [2.75, 3.05) is 31.5 Å². The van der Waals surface area contributed by atoms with Gasteiger partial charge in [0.25, 0.3) is 11.8 Å². The molecule has 0 atom stereocenters. The molecule has 1 aliphatic rings. The quantitative estimate of drug-likeness (QED) is 0.739. The number of aromatic nitrogens is 2. The summed E-state index contributed by atoms with van der Waals surface area (Å²) in [7, 11) is 0. The number of rotatable bonds is 4. The predicted molar refractivity (Wildman–Crippen MR) is 99.3 cm³/mol. The highest BCUT2D eigenvalue weighted by Crippen LogP contribution is 2.17. The Hall–Kier alpha value is -3.62. The monoisotopic (exact) mass is 381 g/mol. The van der Waals surface area contributed by atoms with E-state index in [1.165, 1.54) is 6.26 Å². The Balaban J connectivity index is 1.38. The maximum Gasteiger partial charge on any atom is 0.289 e. The number of nitrogens with zero attached hydrogens (tertiary/aromatic N) is 4. The minimum Gasteiger partial charge on any atom is -0.459 e. The Morgan fingerprint density at radius 3 is 2.43 bits per heavy atom. The fraction of sp³-hybridized carbons (Fsp3) is 0.263. The lowest BCUT2D eigenvalue weighted by molar-refractivity contribution is 0.0518. The van der Waals surface area contributed by atoms with Gasteiger partial charge in [0.15, 0.2) is 11.6 Å². The number of piperazine rings is 1. The third-order valence-electron chi connectivity index (χ3n) is 4.48. The zero-order valence-corrected chi connectivity index (χ0v) is 15.3. The summed E-state index contributed by atoms with van der Waals surface area (Å²) in [6, 6.07) is 8.41. The molecule has 1 fully saturated rings. The zero-order chi connectivity index (χ0) is 19.5. The highest BCUT2D eigenvalue weighted by molar-refractivity contribution is 5.95. The van der Waals surface area contributed by atoms with Crippen molar-refractivity contribution in [1.29, 1.82) is 0 Å². The lowest BCUT2D eigenvalue weighted by atomic mass is 10.2. The lowest BCUT2D eigenvalue weighted by Gasteiger charge is -2.34. The van der Waals surface area contributed by atoms with Gasteiger partial charge in [-0.05, 0) is 31.2 Å². The van der Waals surface area contributed by atoms with Crippen LogP contribution < -0.4 is 5.32 Å². The number of furan rings is 1. The summed E-state index contributed by atoms with van der Waals surface area (Å²) in [4.78, 5) is 32.8. The summed E-state index contributed by atoms with van der Waals surface area (Å²) in [5.41, 5.74) is 0.517. The standard InChI is InChI=1S/C19H19N5O4/c1-13-11-17(22-28-13)21-16-12-14(4-5-20-16)18(25)23-6-8-24(9-7-23)19(26)15-3-2-10-27-15/h2-5,10-12H,6-9H2,1H3,(H,20,21,22). The van der Waals surface area contributed by atoms with Crippen LogP contribution in [0.2, 0.25) is 0 Å². The molecule has 0 spiro atoms. The molecular formula is C19H19N5O4. The summed E-state index contributed by atoms with van der Waals surface area (Å²) in [5.74, 6) is 1.76. The number of anilines is 2. The smallest absolute Gasteiger partial charge is 0.289 e. The van der Waals surface area contributed by atoms with Crippen LogP contribution in [0, 0.1) is 6.92 Å². The number of carbonyl (C=O) groups excluding carboxylic acids is 2. The first-order chi connectivity index (χ1) is 13.6. The number of carbonyl (C=O) groups is 2. The van der Waals surface area contributed by atoms with E-state index in [0.29, 0.717) is 54.9 Å². The van der Waals surface area contributed by atoms with Crippen molar-refractivity contribution in [3.05, 3.63) is 59.9 Å². The Bertz CT molecular complexity index is 974. The fourth-order valence-corrected chi connectivity index (χ4v) is 3.04. The normalized spacial score (nSPS) is 14.2. The van der Waals surface area contributed by atoms with Gasteiger partial charge < -0.3 is 24.1 Å². The second kappa shape index (κ2) is 7.55. The van der Waals surface area contributed by atoms with Gasteiger partial charge in [0.1, 0.15) is 11.6 Å². The van der Waals surface area contributed by atoms with Crippen molar-refractivity contribution < 1.29 is 18.5 Å². The summed E-state index contributed by atoms with van der Waals surface area (Å²) >= 11 is 0. The van der Waals surface area contributed by atoms with Crippen molar-refractivity contribution >= 4 is 23.5 Å². The molecule has 2 amide bonds. The molecule has 0 saturated carbocycles. The molecular weight excluding hydrogens is 362 g/mol. The Morgan fingerprint density at radius 1 is 1.04 bits per heavy atom. The minimum absolute atomic E-state index is 0.105. The molecule has 9 nitrogen and oxygen atoms in total. The fourth-order valence-electron chi connectivity index (χ4n) is 3.04. The molecule has 0 radical (unpaired) electrons. The SMILES string of the molecule is Cc1cc(Nc2cc(C(=O)N3CCN(C(=O)c4ccco4)CC3)ccn2)no1. The summed E-state index contributed by atoms with van der Waals surface area (Å²) in [6.45, 7) is 3.62. The molecule has 28 heavy (non-hydrogen) atoms. The Morgan fingerprint density at radius 2 is 1.79 bits per heavy atom. The van der Waals surface area contributed by atoms with Crippen molar-refractivity contribution in [1.82, 2.24) is 19.9 Å². The second-order valence-electron chi connectivity index (χ2n) is 6.44. The van der Waals surface area contributed by atoms with Gasteiger partial charge in [-0.1, -0.05) is 5.16 Å². The van der Waals surface area contributed by atoms with E-state index < -0.39 is 0 Å². The Kier molecular flexibility index (Phi) is 4.79. The van der Waals surface area contributed by atoms with Gasteiger partial charge in [0.05, 0.1) is 6.26 Å². The molecule has 1 saturated heterocycles. The van der Waals surface area contributed by atoms with E-state index in [-0.39, 0.29) is 11.8 Å². The number of aryl methyl sites for hydroxylation is 1. The van der Waals surface area contributed by atoms with Crippen LogP contribution in [0.4, 0.5) is 11.6 Å². The largest absolute Gasteiger partial charge is 0.459 e. The highest BCUT2D eigenvalue weighted by Gasteiger charge is 2.26. The van der Waals surface area contributed by atoms with E-state index in [4.69, 9.17) is 8.94 Å². The average molecular weight is 381 g/mol. The van der Waals surface area contributed by atoms with Gasteiger partial charge >= 0.3 is 0 Å². The molecule has 3 aromatic heterocycles. The van der Waals surface area contributed by atoms with Crippen molar-refractivity contribution in [3.63, 3.8) is 0 Å². The van der Waals surface area contributed by atoms with Crippen LogP contribution in [0.15, 0.2) is 51.7 Å². The molecule has 4 rings (SSSR count). The van der Waals surface area contributed by atoms with E-state index in [9.17, 15) is 9.59 Å². The third-order valence-corrected chi connectivity index (χ3v) is 4.48. The first kappa shape index (κ1) is 17.8. The molecule has 0 bridgehead atoms. The summed E-state index contributed by atoms with van der Waals surface area (Å²) in [5, 5.41) is 6.87. The summed E-state index contributed by atoms with van der Waals surface area (Å²) in [6.07, 6.45) is 3.04. The molecule has 0 unspecified atom stereocenters. The molecule has 1 N–H and O–H groups in total. The highest BCUT2D eigenvalue weighted by atomic mass is 16.5. The molecule has 4 heterocycles. The average Bonchev–Trinajstić information content (AvgIpc) is 3.39. The van der Waals surface area contributed by atoms with Crippen LogP contribution in [0.1, 0.15) is 26.7 Å². The summed E-state index contributed by atoms with van der Waals surface area (Å²) < 4.78 is 10.2. The molecule has 1 aliphatic heterocycles. The predicted octanol–water partition coefficient (Wildman–Crippen LogP) is 2.31. The van der Waals surface area contributed by atoms with Crippen LogP contribution in [-0.2, 0) is 0 Å². The van der Waals surface area contributed by atoms with Gasteiger partial charge in [-0.25, -0.2) is 4.98 Å². The topological polar surface area (TPSA) is 105 Å². The van der Waals surface area contributed by atoms with Crippen LogP contribution in [0.3, 0.4) is 0 Å². The number of amides is 2. The van der Waals surface area contributed by atoms with Crippen LogP contribution in [0.25, 0.3) is 0 Å². The van der Waals surface area contributed by atoms with Gasteiger partial charge in [0.2, 0.25) is 0 Å². The first-order valence-electron chi connectivity index (χ1n) is 8.88. The molecule has 144 valence electrons. The minimum atomic E-state index is -0.157. The number of hydrogen-bond donors (Lipinski definition) is 1. The molecule has 9 heteroatoms. The van der Waals surface area contributed by atoms with E-state index in [0.717, 1.165) is 0 Å². The number of hydrogen-bond acceptors (Lipinski definition) is 7. The first-order valence-corrected chi connectivity index (χ1v) is 8.88. The number of nitrogens with one attached hydrogen (secondary N) is 1. The maximum atomic E-state index is 12.8. The molecule has 0 aliphatic carbocycles. The van der Waals surface area contributed by atoms with Gasteiger partial charge in [-0.2, -0.15) is 0 Å². The molecule has 0 aromatic carbocycles. The van der Waals surface area contributed by atoms with Gasteiger partial charge in [0, 0.05) is 44.0 Å². The van der Waals surface area contributed by atoms with Crippen LogP contribution in [-0.4, -0.2) is 57.9 Å². The van der Waals surface area contributed by atoms with E-state index >= 15 is 0 Å². The van der Waals surface area contributed by atoms with E-state index in [1.807, 2.05) is 0 Å². The Labute approximate surface area is 160 Å². The molecule has 3 aromatic rings. The van der Waals surface area contributed by atoms with Crippen LogP contribution in [0.5, 0.6) is 0 Å². The van der Waals surface area contributed by atoms with E-state index in [2.05, 4.69) is 15.5 Å². The van der Waals surface area contributed by atoms with Crippen LogP contribution >= 0.6 is 0 Å². The third kappa shape index (κ3) is 3.73. The second-order valence-corrected chi connectivity index (χ2v) is 6.44. The van der Waals surface area contributed by atoms with Crippen molar-refractivity contribution in [2.24, 2.45) is 0 Å². The van der Waals surface area contributed by atoms with E-state index in [1.54, 1.807) is 53.3 Å². The van der Waals surface area contributed by atoms with Gasteiger partial charge in [-0.3, -0.25) is 9.59 Å². The number of pyridine rings is 1. The zero-order valence-electron chi connectivity index (χ0n) is 15.3. The van der Waals surface area contributed by atoms with Crippen molar-refractivity contribution in [2.45, 2.75) is 6.92 Å². The van der Waals surface area contributed by atoms with Crippen molar-refractivity contribution in [3.8, 4) is 0 Å². The lowest BCUT2D eigenvalue weighted by Crippen LogP contribution is -2.50.